The average molecular weight is 370 g/mol. The van der Waals surface area contributed by atoms with E-state index in [0.29, 0.717) is 5.92 Å². The van der Waals surface area contributed by atoms with E-state index in [-0.39, 0.29) is 17.4 Å². The van der Waals surface area contributed by atoms with E-state index in [1.807, 2.05) is 42.6 Å². The Labute approximate surface area is 162 Å². The Morgan fingerprint density at radius 2 is 2.07 bits per heavy atom. The highest BCUT2D eigenvalue weighted by Gasteiger charge is 2.31. The second-order valence-electron chi connectivity index (χ2n) is 8.86. The van der Waals surface area contributed by atoms with Crippen LogP contribution in [0.15, 0.2) is 24.7 Å². The summed E-state index contributed by atoms with van der Waals surface area (Å²) in [5.74, 6) is 0.694. The summed E-state index contributed by atoms with van der Waals surface area (Å²) in [5, 5.41) is 4.40. The van der Waals surface area contributed by atoms with Crippen LogP contribution in [0.2, 0.25) is 0 Å². The van der Waals surface area contributed by atoms with Crippen LogP contribution in [0.5, 0.6) is 0 Å². The largest absolute Gasteiger partial charge is 0.342 e. The highest BCUT2D eigenvalue weighted by molar-refractivity contribution is 5.81. The molecule has 1 aliphatic heterocycles. The molecule has 3 heterocycles. The molecule has 27 heavy (non-hydrogen) atoms. The molecule has 6 heteroatoms. The standard InChI is InChI=1S/C21H31N5O/c1-15(2)26-19(8-9-24-26)18-12-17(22-14-23-18)11-16-7-6-10-25(13-16)20(27)21(3,4)5/h8-9,12,14-16H,6-7,10-11,13H2,1-5H3. The molecule has 0 bridgehead atoms. The van der Waals surface area contributed by atoms with E-state index in [9.17, 15) is 4.79 Å². The Balaban J connectivity index is 1.73. The van der Waals surface area contributed by atoms with Crippen LogP contribution in [0.1, 0.15) is 59.2 Å². The molecule has 0 N–H and O–H groups in total. The van der Waals surface area contributed by atoms with Crippen LogP contribution in [0.25, 0.3) is 11.4 Å². The average Bonchev–Trinajstić information content (AvgIpc) is 3.11. The molecule has 1 amide bonds. The number of hydrogen-bond acceptors (Lipinski definition) is 4. The molecule has 1 atom stereocenters. The molecule has 0 saturated carbocycles. The summed E-state index contributed by atoms with van der Waals surface area (Å²) in [6, 6.07) is 4.35. The van der Waals surface area contributed by atoms with E-state index in [1.165, 1.54) is 0 Å². The van der Waals surface area contributed by atoms with Gasteiger partial charge < -0.3 is 4.90 Å². The number of nitrogens with zero attached hydrogens (tertiary/aromatic N) is 5. The Morgan fingerprint density at radius 3 is 2.78 bits per heavy atom. The van der Waals surface area contributed by atoms with Crippen LogP contribution in [0.4, 0.5) is 0 Å². The molecule has 1 unspecified atom stereocenters. The third kappa shape index (κ3) is 4.54. The molecule has 1 aliphatic rings. The van der Waals surface area contributed by atoms with E-state index < -0.39 is 0 Å². The monoisotopic (exact) mass is 369 g/mol. The van der Waals surface area contributed by atoms with Gasteiger partial charge in [-0.3, -0.25) is 9.48 Å². The SMILES string of the molecule is CC(C)n1nccc1-c1cc(CC2CCCN(C(=O)C(C)(C)C)C2)ncn1. The highest BCUT2D eigenvalue weighted by Crippen LogP contribution is 2.26. The summed E-state index contributed by atoms with van der Waals surface area (Å²) in [5.41, 5.74) is 2.64. The first-order valence-electron chi connectivity index (χ1n) is 9.90. The molecule has 1 saturated heterocycles. The molecule has 0 spiro atoms. The number of carbonyl (C=O) groups is 1. The summed E-state index contributed by atoms with van der Waals surface area (Å²) in [7, 11) is 0. The summed E-state index contributed by atoms with van der Waals surface area (Å²) >= 11 is 0. The normalized spacial score (nSPS) is 18.1. The minimum Gasteiger partial charge on any atom is -0.342 e. The molecular weight excluding hydrogens is 338 g/mol. The summed E-state index contributed by atoms with van der Waals surface area (Å²) in [6.07, 6.45) is 6.53. The van der Waals surface area contributed by atoms with Crippen LogP contribution >= 0.6 is 0 Å². The molecule has 0 radical (unpaired) electrons. The van der Waals surface area contributed by atoms with E-state index in [1.54, 1.807) is 6.33 Å². The minimum atomic E-state index is -0.320. The third-order valence-corrected chi connectivity index (χ3v) is 5.09. The second-order valence-corrected chi connectivity index (χ2v) is 8.86. The lowest BCUT2D eigenvalue weighted by atomic mass is 9.89. The van der Waals surface area contributed by atoms with E-state index in [4.69, 9.17) is 0 Å². The van der Waals surface area contributed by atoms with Crippen molar-refractivity contribution in [3.63, 3.8) is 0 Å². The second kappa shape index (κ2) is 7.79. The lowest BCUT2D eigenvalue weighted by molar-refractivity contribution is -0.141. The Bertz CT molecular complexity index is 790. The van der Waals surface area contributed by atoms with Crippen LogP contribution in [-0.2, 0) is 11.2 Å². The number of piperidine rings is 1. The molecule has 0 aromatic carbocycles. The third-order valence-electron chi connectivity index (χ3n) is 5.09. The van der Waals surface area contributed by atoms with Gasteiger partial charge >= 0.3 is 0 Å². The van der Waals surface area contributed by atoms with Gasteiger partial charge in [-0.05, 0) is 51.2 Å². The molecule has 146 valence electrons. The van der Waals surface area contributed by atoms with Gasteiger partial charge in [-0.25, -0.2) is 9.97 Å². The lowest BCUT2D eigenvalue weighted by Gasteiger charge is -2.36. The van der Waals surface area contributed by atoms with Crippen molar-refractivity contribution in [1.29, 1.82) is 0 Å². The van der Waals surface area contributed by atoms with Gasteiger partial charge in [-0.15, -0.1) is 0 Å². The van der Waals surface area contributed by atoms with Crippen molar-refractivity contribution in [2.75, 3.05) is 13.1 Å². The van der Waals surface area contributed by atoms with Gasteiger partial charge in [-0.1, -0.05) is 20.8 Å². The summed E-state index contributed by atoms with van der Waals surface area (Å²) in [6.45, 7) is 11.9. The smallest absolute Gasteiger partial charge is 0.227 e. The molecular formula is C21H31N5O. The van der Waals surface area contributed by atoms with Crippen molar-refractivity contribution in [1.82, 2.24) is 24.6 Å². The van der Waals surface area contributed by atoms with Crippen LogP contribution in [0, 0.1) is 11.3 Å². The lowest BCUT2D eigenvalue weighted by Crippen LogP contribution is -2.45. The Morgan fingerprint density at radius 1 is 1.30 bits per heavy atom. The molecule has 1 fully saturated rings. The van der Waals surface area contributed by atoms with Crippen molar-refractivity contribution in [2.24, 2.45) is 11.3 Å². The summed E-state index contributed by atoms with van der Waals surface area (Å²) < 4.78 is 1.98. The van der Waals surface area contributed by atoms with Crippen molar-refractivity contribution in [3.8, 4) is 11.4 Å². The maximum absolute atomic E-state index is 12.6. The van der Waals surface area contributed by atoms with E-state index in [0.717, 1.165) is 49.4 Å². The molecule has 3 rings (SSSR count). The maximum atomic E-state index is 12.6. The van der Waals surface area contributed by atoms with Crippen LogP contribution in [-0.4, -0.2) is 43.6 Å². The molecule has 2 aromatic heterocycles. The molecule has 2 aromatic rings. The highest BCUT2D eigenvalue weighted by atomic mass is 16.2. The van der Waals surface area contributed by atoms with Gasteiger partial charge in [0.2, 0.25) is 5.91 Å². The Hall–Kier alpha value is -2.24. The van der Waals surface area contributed by atoms with Crippen LogP contribution in [0.3, 0.4) is 0 Å². The predicted molar refractivity (Wildman–Crippen MR) is 106 cm³/mol. The topological polar surface area (TPSA) is 63.9 Å². The summed E-state index contributed by atoms with van der Waals surface area (Å²) in [4.78, 5) is 23.6. The zero-order chi connectivity index (χ0) is 19.6. The number of amides is 1. The van der Waals surface area contributed by atoms with Gasteiger partial charge in [-0.2, -0.15) is 5.10 Å². The van der Waals surface area contributed by atoms with Crippen molar-refractivity contribution < 1.29 is 4.79 Å². The van der Waals surface area contributed by atoms with E-state index in [2.05, 4.69) is 35.0 Å². The number of rotatable bonds is 4. The number of carbonyl (C=O) groups excluding carboxylic acids is 1. The zero-order valence-corrected chi connectivity index (χ0v) is 17.1. The first-order valence-corrected chi connectivity index (χ1v) is 9.90. The van der Waals surface area contributed by atoms with E-state index >= 15 is 0 Å². The fourth-order valence-corrected chi connectivity index (χ4v) is 3.76. The van der Waals surface area contributed by atoms with Crippen molar-refractivity contribution in [3.05, 3.63) is 30.4 Å². The first kappa shape index (κ1) is 19.5. The minimum absolute atomic E-state index is 0.247. The van der Waals surface area contributed by atoms with Gasteiger partial charge in [0, 0.05) is 36.4 Å². The van der Waals surface area contributed by atoms with Crippen molar-refractivity contribution in [2.45, 2.75) is 59.9 Å². The molecule has 6 nitrogen and oxygen atoms in total. The zero-order valence-electron chi connectivity index (χ0n) is 17.1. The number of aromatic nitrogens is 4. The predicted octanol–water partition coefficient (Wildman–Crippen LogP) is 3.75. The van der Waals surface area contributed by atoms with Gasteiger partial charge in [0.05, 0.1) is 11.4 Å². The first-order chi connectivity index (χ1) is 12.8. The Kier molecular flexibility index (Phi) is 5.63. The van der Waals surface area contributed by atoms with Gasteiger partial charge in [0.1, 0.15) is 6.33 Å². The number of likely N-dealkylation sites (tertiary alicyclic amines) is 1. The van der Waals surface area contributed by atoms with Crippen molar-refractivity contribution >= 4 is 5.91 Å². The van der Waals surface area contributed by atoms with Gasteiger partial charge in [0.15, 0.2) is 0 Å². The molecule has 0 aliphatic carbocycles. The quantitative estimate of drug-likeness (QED) is 0.823. The fourth-order valence-electron chi connectivity index (χ4n) is 3.76. The maximum Gasteiger partial charge on any atom is 0.227 e. The number of hydrogen-bond donors (Lipinski definition) is 0. The van der Waals surface area contributed by atoms with Gasteiger partial charge in [0.25, 0.3) is 0 Å². The van der Waals surface area contributed by atoms with Crippen LogP contribution < -0.4 is 0 Å². The fraction of sp³-hybridized carbons (Fsp3) is 0.619.